The average molecular weight is 437 g/mol. The van der Waals surface area contributed by atoms with Gasteiger partial charge < -0.3 is 9.29 Å². The summed E-state index contributed by atoms with van der Waals surface area (Å²) in [5.74, 6) is 0. The van der Waals surface area contributed by atoms with E-state index in [0.29, 0.717) is 0 Å². The highest BCUT2D eigenvalue weighted by Crippen LogP contribution is 2.69. The summed E-state index contributed by atoms with van der Waals surface area (Å²) in [6, 6.07) is 26.4. The second kappa shape index (κ2) is 11.1. The third kappa shape index (κ3) is 5.50. The van der Waals surface area contributed by atoms with E-state index in [4.69, 9.17) is 4.18 Å². The number of hydrogen-bond donors (Lipinski definition) is 1. The average Bonchev–Trinajstić information content (AvgIpc) is 2.81. The molecular weight excluding hydrogens is 404 g/mol. The largest absolute Gasteiger partial charge is 0.517 e. The Balaban J connectivity index is 2.13. The Morgan fingerprint density at radius 3 is 1.52 bits per heavy atom. The van der Waals surface area contributed by atoms with Gasteiger partial charge in [0, 0.05) is 14.7 Å². The number of carbonyl (C=O) groups is 1. The first-order valence-corrected chi connectivity index (χ1v) is 12.6. The van der Waals surface area contributed by atoms with Crippen LogP contribution in [0.4, 0.5) is 4.79 Å². The molecule has 0 unspecified atom stereocenters. The van der Waals surface area contributed by atoms with Crippen LogP contribution in [0.3, 0.4) is 0 Å². The smallest absolute Gasteiger partial charge is 0.449 e. The lowest BCUT2D eigenvalue weighted by atomic mass is 10.1. The van der Waals surface area contributed by atoms with Gasteiger partial charge in [-0.3, -0.25) is 0 Å². The van der Waals surface area contributed by atoms with Crippen molar-refractivity contribution in [2.24, 2.45) is 0 Å². The standard InChI is InChI=1S/C27H32O3S/c1-3-5-10-22-14-18-25(19-15-22)31(30-27(28)29,24-12-8-7-9-13-24)26-20-16-23(17-21-26)11-6-4-2/h7-9,12-21H,3-6,10-11H2,1-2H3,(H,28,29). The molecule has 0 aliphatic heterocycles. The fraction of sp³-hybridized carbons (Fsp3) is 0.296. The second-order valence-corrected chi connectivity index (χ2v) is 10.4. The first kappa shape index (κ1) is 23.0. The summed E-state index contributed by atoms with van der Waals surface area (Å²) in [5, 5.41) is 9.77. The van der Waals surface area contributed by atoms with Gasteiger partial charge in [-0.25, -0.2) is 4.79 Å². The predicted octanol–water partition coefficient (Wildman–Crippen LogP) is 8.26. The van der Waals surface area contributed by atoms with Crippen LogP contribution >= 0.6 is 10.3 Å². The van der Waals surface area contributed by atoms with Gasteiger partial charge in [-0.1, -0.05) is 69.2 Å². The molecule has 0 amide bonds. The van der Waals surface area contributed by atoms with Crippen molar-refractivity contribution in [1.29, 1.82) is 0 Å². The molecule has 0 bridgehead atoms. The monoisotopic (exact) mass is 436 g/mol. The minimum absolute atomic E-state index is 0.875. The molecule has 0 saturated carbocycles. The van der Waals surface area contributed by atoms with E-state index in [1.807, 2.05) is 54.6 Å². The molecule has 3 nitrogen and oxygen atoms in total. The molecule has 164 valence electrons. The summed E-state index contributed by atoms with van der Waals surface area (Å²) >= 11 is 0. The zero-order valence-electron chi connectivity index (χ0n) is 18.4. The maximum atomic E-state index is 12.0. The van der Waals surface area contributed by atoms with Gasteiger partial charge in [-0.2, -0.15) is 0 Å². The second-order valence-electron chi connectivity index (χ2n) is 7.71. The van der Waals surface area contributed by atoms with Crippen LogP contribution in [-0.4, -0.2) is 11.3 Å². The molecule has 0 aliphatic rings. The first-order valence-electron chi connectivity index (χ1n) is 11.1. The van der Waals surface area contributed by atoms with Gasteiger partial charge in [-0.15, -0.1) is 0 Å². The molecule has 1 N–H and O–H groups in total. The summed E-state index contributed by atoms with van der Waals surface area (Å²) in [7, 11) is -2.41. The van der Waals surface area contributed by atoms with Crippen molar-refractivity contribution in [2.45, 2.75) is 67.1 Å². The maximum absolute atomic E-state index is 12.0. The van der Waals surface area contributed by atoms with Crippen molar-refractivity contribution in [3.8, 4) is 0 Å². The molecule has 3 rings (SSSR count). The molecule has 0 aromatic heterocycles. The van der Waals surface area contributed by atoms with Gasteiger partial charge in [0.1, 0.15) is 0 Å². The lowest BCUT2D eigenvalue weighted by Gasteiger charge is -2.38. The van der Waals surface area contributed by atoms with Gasteiger partial charge in [0.05, 0.1) is 0 Å². The van der Waals surface area contributed by atoms with E-state index in [0.717, 1.165) is 53.2 Å². The molecule has 3 aromatic rings. The van der Waals surface area contributed by atoms with Crippen molar-refractivity contribution < 1.29 is 14.1 Å². The topological polar surface area (TPSA) is 46.5 Å². The zero-order valence-corrected chi connectivity index (χ0v) is 19.2. The number of aryl methyl sites for hydroxylation is 2. The van der Waals surface area contributed by atoms with Crippen LogP contribution in [-0.2, 0) is 17.0 Å². The number of unbranched alkanes of at least 4 members (excludes halogenated alkanes) is 2. The summed E-state index contributed by atoms with van der Waals surface area (Å²) < 4.78 is 5.84. The van der Waals surface area contributed by atoms with E-state index in [-0.39, 0.29) is 0 Å². The van der Waals surface area contributed by atoms with Crippen LogP contribution in [0.15, 0.2) is 93.5 Å². The summed E-state index contributed by atoms with van der Waals surface area (Å²) in [6.45, 7) is 4.37. The molecule has 31 heavy (non-hydrogen) atoms. The summed E-state index contributed by atoms with van der Waals surface area (Å²) in [4.78, 5) is 14.6. The normalized spacial score (nSPS) is 11.8. The predicted molar refractivity (Wildman–Crippen MR) is 128 cm³/mol. The third-order valence-electron chi connectivity index (χ3n) is 5.42. The minimum atomic E-state index is -2.41. The maximum Gasteiger partial charge on any atom is 0.517 e. The highest BCUT2D eigenvalue weighted by molar-refractivity contribution is 8.30. The van der Waals surface area contributed by atoms with Crippen LogP contribution in [0.25, 0.3) is 0 Å². The SMILES string of the molecule is CCCCc1ccc(S(OC(=O)O)(c2ccccc2)c2ccc(CCCC)cc2)cc1. The van der Waals surface area contributed by atoms with Crippen LogP contribution in [0.1, 0.15) is 50.7 Å². The lowest BCUT2D eigenvalue weighted by molar-refractivity contribution is 0.150. The van der Waals surface area contributed by atoms with Gasteiger partial charge in [-0.05, 0) is 83.5 Å². The van der Waals surface area contributed by atoms with Crippen LogP contribution < -0.4 is 0 Å². The summed E-state index contributed by atoms with van der Waals surface area (Å²) in [6.07, 6.45) is 5.36. The van der Waals surface area contributed by atoms with Gasteiger partial charge >= 0.3 is 6.16 Å². The van der Waals surface area contributed by atoms with E-state index in [9.17, 15) is 9.90 Å². The van der Waals surface area contributed by atoms with Crippen LogP contribution in [0.2, 0.25) is 0 Å². The van der Waals surface area contributed by atoms with E-state index in [1.165, 1.54) is 11.1 Å². The van der Waals surface area contributed by atoms with Crippen molar-refractivity contribution in [1.82, 2.24) is 0 Å². The minimum Gasteiger partial charge on any atom is -0.449 e. The quantitative estimate of drug-likeness (QED) is 0.348. The van der Waals surface area contributed by atoms with Crippen LogP contribution in [0, 0.1) is 0 Å². The molecular formula is C27H32O3S. The van der Waals surface area contributed by atoms with E-state index in [2.05, 4.69) is 38.1 Å². The molecule has 0 saturated heterocycles. The Morgan fingerprint density at radius 1 is 0.710 bits per heavy atom. The number of benzene rings is 3. The van der Waals surface area contributed by atoms with Crippen molar-refractivity contribution in [3.05, 3.63) is 90.0 Å². The molecule has 0 radical (unpaired) electrons. The molecule has 3 aromatic carbocycles. The number of hydrogen-bond acceptors (Lipinski definition) is 2. The Bertz CT molecular complexity index is 899. The van der Waals surface area contributed by atoms with Gasteiger partial charge in [0.25, 0.3) is 0 Å². The van der Waals surface area contributed by atoms with Crippen LogP contribution in [0.5, 0.6) is 0 Å². The number of carboxylic acid groups (broad SMARTS) is 1. The van der Waals surface area contributed by atoms with Crippen molar-refractivity contribution >= 4 is 16.5 Å². The summed E-state index contributed by atoms with van der Waals surface area (Å²) in [5.41, 5.74) is 2.52. The third-order valence-corrected chi connectivity index (χ3v) is 8.62. The van der Waals surface area contributed by atoms with Crippen molar-refractivity contribution in [2.75, 3.05) is 0 Å². The van der Waals surface area contributed by atoms with E-state index >= 15 is 0 Å². The molecule has 0 heterocycles. The van der Waals surface area contributed by atoms with Gasteiger partial charge in [0.15, 0.2) is 0 Å². The Hall–Kier alpha value is -2.72. The zero-order chi connectivity index (χ0) is 22.1. The fourth-order valence-electron chi connectivity index (χ4n) is 3.73. The highest BCUT2D eigenvalue weighted by Gasteiger charge is 2.35. The molecule has 0 aliphatic carbocycles. The molecule has 0 fully saturated rings. The molecule has 4 heteroatoms. The Labute approximate surface area is 187 Å². The van der Waals surface area contributed by atoms with E-state index < -0.39 is 16.5 Å². The number of rotatable bonds is 10. The highest BCUT2D eigenvalue weighted by atomic mass is 32.3. The van der Waals surface area contributed by atoms with Gasteiger partial charge in [0.2, 0.25) is 0 Å². The molecule has 0 atom stereocenters. The Kier molecular flexibility index (Phi) is 8.19. The first-order chi connectivity index (χ1) is 15.1. The lowest BCUT2D eigenvalue weighted by Crippen LogP contribution is -2.12. The fourth-order valence-corrected chi connectivity index (χ4v) is 6.63. The van der Waals surface area contributed by atoms with E-state index in [1.54, 1.807) is 0 Å². The Morgan fingerprint density at radius 2 is 1.13 bits per heavy atom. The van der Waals surface area contributed by atoms with Crippen molar-refractivity contribution in [3.63, 3.8) is 0 Å². The molecule has 0 spiro atoms.